The van der Waals surface area contributed by atoms with Crippen molar-refractivity contribution >= 4 is 35.3 Å². The van der Waals surface area contributed by atoms with Crippen LogP contribution in [0.4, 0.5) is 5.82 Å². The van der Waals surface area contributed by atoms with Crippen molar-refractivity contribution in [1.82, 2.24) is 4.98 Å². The van der Waals surface area contributed by atoms with Crippen LogP contribution in [0.3, 0.4) is 0 Å². The predicted octanol–water partition coefficient (Wildman–Crippen LogP) is 3.29. The van der Waals surface area contributed by atoms with E-state index in [0.29, 0.717) is 5.02 Å². The minimum atomic E-state index is -1.65. The Bertz CT molecular complexity index is 1320. The molecule has 11 heteroatoms. The minimum absolute atomic E-state index is 0.00730. The van der Waals surface area contributed by atoms with Crippen molar-refractivity contribution in [3.05, 3.63) is 74.5 Å². The lowest BCUT2D eigenvalue weighted by atomic mass is 9.95. The van der Waals surface area contributed by atoms with Gasteiger partial charge in [0, 0.05) is 10.6 Å². The molecule has 3 aromatic rings. The maximum Gasteiger partial charge on any atom is 0.343 e. The van der Waals surface area contributed by atoms with Gasteiger partial charge in [0.1, 0.15) is 16.9 Å². The molecule has 0 spiro atoms. The molecule has 0 radical (unpaired) electrons. The Morgan fingerprint density at radius 1 is 1.00 bits per heavy atom. The molecule has 2 aromatic carbocycles. The molecule has 5 N–H and O–H groups in total. The number of esters is 1. The Balaban J connectivity index is 2.15. The van der Waals surface area contributed by atoms with Crippen LogP contribution in [0.5, 0.6) is 11.5 Å². The summed E-state index contributed by atoms with van der Waals surface area (Å²) >= 11 is 5.82. The van der Waals surface area contributed by atoms with E-state index >= 15 is 0 Å². The molecule has 0 saturated carbocycles. The van der Waals surface area contributed by atoms with Crippen LogP contribution in [0.25, 0.3) is 11.1 Å². The summed E-state index contributed by atoms with van der Waals surface area (Å²) in [6.45, 7) is 1.80. The fraction of sp³-hybridized carbons (Fsp3) is 0.0909. The van der Waals surface area contributed by atoms with Gasteiger partial charge in [0.2, 0.25) is 0 Å². The molecule has 0 aliphatic carbocycles. The number of H-pyrrole nitrogens is 1. The summed E-state index contributed by atoms with van der Waals surface area (Å²) < 4.78 is 10.9. The minimum Gasteiger partial charge on any atom is -0.490 e. The largest absolute Gasteiger partial charge is 0.490 e. The standard InChI is InChI=1S/C22H17ClN2O8/c1-2-32-14-9-11(5-8-13(14)33-22(31)10-3-6-12(23)7-4-10)15-16(20(27)28)18(24)25-19(26)17(15)21(29)30/h3-9H,2H2,1H3,(H,27,28)(H,29,30)(H3,24,25,26). The first-order chi connectivity index (χ1) is 15.6. The summed E-state index contributed by atoms with van der Waals surface area (Å²) in [6, 6.07) is 9.82. The average Bonchev–Trinajstić information content (AvgIpc) is 2.74. The van der Waals surface area contributed by atoms with Crippen LogP contribution in [0.2, 0.25) is 5.02 Å². The van der Waals surface area contributed by atoms with Gasteiger partial charge in [-0.25, -0.2) is 14.4 Å². The zero-order valence-electron chi connectivity index (χ0n) is 17.0. The topological polar surface area (TPSA) is 169 Å². The maximum absolute atomic E-state index is 12.5. The summed E-state index contributed by atoms with van der Waals surface area (Å²) in [4.78, 5) is 50.3. The Labute approximate surface area is 191 Å². The van der Waals surface area contributed by atoms with Crippen LogP contribution >= 0.6 is 11.6 Å². The number of ether oxygens (including phenoxy) is 2. The van der Waals surface area contributed by atoms with E-state index in [2.05, 4.69) is 0 Å². The fourth-order valence-electron chi connectivity index (χ4n) is 3.10. The number of nitrogen functional groups attached to an aromatic ring is 1. The smallest absolute Gasteiger partial charge is 0.343 e. The molecule has 0 bridgehead atoms. The lowest BCUT2D eigenvalue weighted by molar-refractivity contribution is 0.0693. The van der Waals surface area contributed by atoms with Crippen molar-refractivity contribution in [2.45, 2.75) is 6.92 Å². The quantitative estimate of drug-likeness (QED) is 0.297. The van der Waals surface area contributed by atoms with Gasteiger partial charge < -0.3 is 30.4 Å². The number of carboxylic acids is 2. The number of aromatic carboxylic acids is 2. The van der Waals surface area contributed by atoms with Crippen LogP contribution in [0.1, 0.15) is 38.0 Å². The fourth-order valence-corrected chi connectivity index (χ4v) is 3.22. The van der Waals surface area contributed by atoms with E-state index in [1.54, 1.807) is 6.92 Å². The zero-order chi connectivity index (χ0) is 24.3. The number of aromatic amines is 1. The number of anilines is 1. The third-order valence-corrected chi connectivity index (χ3v) is 4.74. The molecule has 170 valence electrons. The van der Waals surface area contributed by atoms with Gasteiger partial charge in [0.05, 0.1) is 12.2 Å². The number of nitrogens with one attached hydrogen (secondary N) is 1. The molecule has 1 aromatic heterocycles. The van der Waals surface area contributed by atoms with Crippen LogP contribution in [0.15, 0.2) is 47.3 Å². The third kappa shape index (κ3) is 4.80. The normalized spacial score (nSPS) is 10.5. The molecule has 0 unspecified atom stereocenters. The number of nitrogens with two attached hydrogens (primary N) is 1. The molecule has 0 aliphatic rings. The van der Waals surface area contributed by atoms with Gasteiger partial charge in [0.25, 0.3) is 5.56 Å². The lowest BCUT2D eigenvalue weighted by Crippen LogP contribution is -2.24. The molecule has 0 atom stereocenters. The zero-order valence-corrected chi connectivity index (χ0v) is 17.8. The monoisotopic (exact) mass is 472 g/mol. The predicted molar refractivity (Wildman–Crippen MR) is 118 cm³/mol. The second-order valence-electron chi connectivity index (χ2n) is 6.59. The highest BCUT2D eigenvalue weighted by molar-refractivity contribution is 6.30. The van der Waals surface area contributed by atoms with E-state index in [-0.39, 0.29) is 29.2 Å². The summed E-state index contributed by atoms with van der Waals surface area (Å²) in [5.74, 6) is -4.40. The molecular weight excluding hydrogens is 456 g/mol. The van der Waals surface area contributed by atoms with Crippen molar-refractivity contribution in [2.75, 3.05) is 12.3 Å². The number of pyridine rings is 1. The molecule has 0 aliphatic heterocycles. The Hall–Kier alpha value is -4.31. The van der Waals surface area contributed by atoms with Gasteiger partial charge in [-0.05, 0) is 48.9 Å². The van der Waals surface area contributed by atoms with Crippen molar-refractivity contribution < 1.29 is 34.1 Å². The Morgan fingerprint density at radius 2 is 1.64 bits per heavy atom. The SMILES string of the molecule is CCOc1cc(-c2c(C(=O)O)c(N)[nH]c(=O)c2C(=O)O)ccc1OC(=O)c1ccc(Cl)cc1. The highest BCUT2D eigenvalue weighted by atomic mass is 35.5. The first kappa shape index (κ1) is 23.4. The van der Waals surface area contributed by atoms with Crippen LogP contribution < -0.4 is 20.8 Å². The molecule has 10 nitrogen and oxygen atoms in total. The van der Waals surface area contributed by atoms with Gasteiger partial charge in [-0.15, -0.1) is 0 Å². The number of hydrogen-bond acceptors (Lipinski definition) is 7. The van der Waals surface area contributed by atoms with Crippen molar-refractivity contribution in [3.8, 4) is 22.6 Å². The number of halogens is 1. The third-order valence-electron chi connectivity index (χ3n) is 4.49. The number of rotatable bonds is 7. The van der Waals surface area contributed by atoms with E-state index in [4.69, 9.17) is 26.8 Å². The van der Waals surface area contributed by atoms with Crippen LogP contribution in [-0.2, 0) is 0 Å². The average molecular weight is 473 g/mol. The summed E-state index contributed by atoms with van der Waals surface area (Å²) in [6.07, 6.45) is 0. The van der Waals surface area contributed by atoms with Gasteiger partial charge in [0.15, 0.2) is 11.5 Å². The molecular formula is C22H17ClN2O8. The van der Waals surface area contributed by atoms with E-state index in [9.17, 15) is 29.4 Å². The number of hydrogen-bond donors (Lipinski definition) is 4. The summed E-state index contributed by atoms with van der Waals surface area (Å²) in [7, 11) is 0. The van der Waals surface area contributed by atoms with E-state index in [0.717, 1.165) is 0 Å². The number of aromatic nitrogens is 1. The van der Waals surface area contributed by atoms with Gasteiger partial charge in [-0.2, -0.15) is 0 Å². The summed E-state index contributed by atoms with van der Waals surface area (Å²) in [5.41, 5.74) is 3.00. The number of benzene rings is 2. The molecule has 3 rings (SSSR count). The molecule has 0 amide bonds. The Morgan fingerprint density at radius 3 is 2.21 bits per heavy atom. The highest BCUT2D eigenvalue weighted by Gasteiger charge is 2.27. The highest BCUT2D eigenvalue weighted by Crippen LogP contribution is 2.36. The number of carboxylic acid groups (broad SMARTS) is 2. The van der Waals surface area contributed by atoms with Crippen LogP contribution in [0, 0.1) is 0 Å². The number of carbonyl (C=O) groups is 3. The van der Waals surface area contributed by atoms with E-state index < -0.39 is 46.0 Å². The van der Waals surface area contributed by atoms with Crippen molar-refractivity contribution in [1.29, 1.82) is 0 Å². The van der Waals surface area contributed by atoms with Gasteiger partial charge >= 0.3 is 17.9 Å². The lowest BCUT2D eigenvalue weighted by Gasteiger charge is -2.15. The molecule has 33 heavy (non-hydrogen) atoms. The molecule has 0 saturated heterocycles. The van der Waals surface area contributed by atoms with Crippen molar-refractivity contribution in [3.63, 3.8) is 0 Å². The first-order valence-corrected chi connectivity index (χ1v) is 9.79. The van der Waals surface area contributed by atoms with Gasteiger partial charge in [-0.1, -0.05) is 17.7 Å². The van der Waals surface area contributed by atoms with Crippen LogP contribution in [-0.4, -0.2) is 39.7 Å². The second kappa shape index (κ2) is 9.45. The molecule has 1 heterocycles. The number of carbonyl (C=O) groups excluding carboxylic acids is 1. The summed E-state index contributed by atoms with van der Waals surface area (Å²) in [5, 5.41) is 19.6. The van der Waals surface area contributed by atoms with E-state index in [1.807, 2.05) is 4.98 Å². The Kier molecular flexibility index (Phi) is 6.69. The van der Waals surface area contributed by atoms with Crippen molar-refractivity contribution in [2.24, 2.45) is 0 Å². The van der Waals surface area contributed by atoms with Gasteiger partial charge in [-0.3, -0.25) is 4.79 Å². The maximum atomic E-state index is 12.5. The first-order valence-electron chi connectivity index (χ1n) is 9.41. The molecule has 0 fully saturated rings. The van der Waals surface area contributed by atoms with E-state index in [1.165, 1.54) is 42.5 Å². The second-order valence-corrected chi connectivity index (χ2v) is 7.03.